The van der Waals surface area contributed by atoms with Gasteiger partial charge in [-0.2, -0.15) is 0 Å². The maximum absolute atomic E-state index is 9.66. The molecule has 0 aliphatic heterocycles. The highest BCUT2D eigenvalue weighted by Gasteiger charge is 2.15. The van der Waals surface area contributed by atoms with Gasteiger partial charge in [-0.25, -0.2) is 0 Å². The zero-order chi connectivity index (χ0) is 8.97. The lowest BCUT2D eigenvalue weighted by Gasteiger charge is -2.11. The lowest BCUT2D eigenvalue weighted by Crippen LogP contribution is -2.05. The van der Waals surface area contributed by atoms with Crippen LogP contribution in [0, 0.1) is 5.92 Å². The summed E-state index contributed by atoms with van der Waals surface area (Å²) in [5.41, 5.74) is 0. The van der Waals surface area contributed by atoms with Crippen molar-refractivity contribution >= 4 is 0 Å². The Kier molecular flexibility index (Phi) is 3.11. The van der Waals surface area contributed by atoms with Crippen LogP contribution in [0.3, 0.4) is 0 Å². The Labute approximate surface area is 72.5 Å². The molecule has 2 heteroatoms. The van der Waals surface area contributed by atoms with E-state index in [1.54, 1.807) is 18.4 Å². The largest absolute Gasteiger partial charge is 0.467 e. The summed E-state index contributed by atoms with van der Waals surface area (Å²) in [6.45, 7) is 3.89. The Bertz CT molecular complexity index is 236. The SMILES string of the molecule is C/C=C/[C@H](C)[C@H](O)c1ccco1. The summed E-state index contributed by atoms with van der Waals surface area (Å²) in [6, 6.07) is 3.56. The molecule has 2 nitrogen and oxygen atoms in total. The van der Waals surface area contributed by atoms with Crippen LogP contribution in [-0.4, -0.2) is 5.11 Å². The first-order chi connectivity index (χ1) is 5.75. The van der Waals surface area contributed by atoms with Gasteiger partial charge in [-0.15, -0.1) is 0 Å². The van der Waals surface area contributed by atoms with Crippen LogP contribution in [0.2, 0.25) is 0 Å². The fourth-order valence-electron chi connectivity index (χ4n) is 1.13. The maximum Gasteiger partial charge on any atom is 0.132 e. The van der Waals surface area contributed by atoms with E-state index < -0.39 is 6.10 Å². The third-order valence-electron chi connectivity index (χ3n) is 1.83. The molecule has 1 heterocycles. The highest BCUT2D eigenvalue weighted by atomic mass is 16.4. The van der Waals surface area contributed by atoms with Crippen molar-refractivity contribution in [2.45, 2.75) is 20.0 Å². The second kappa shape index (κ2) is 4.12. The molecule has 0 radical (unpaired) electrons. The summed E-state index contributed by atoms with van der Waals surface area (Å²) in [5, 5.41) is 9.66. The van der Waals surface area contributed by atoms with Gasteiger partial charge in [-0.1, -0.05) is 19.1 Å². The molecule has 0 amide bonds. The number of hydrogen-bond donors (Lipinski definition) is 1. The second-order valence-corrected chi connectivity index (χ2v) is 2.85. The van der Waals surface area contributed by atoms with Crippen LogP contribution in [0.1, 0.15) is 25.7 Å². The van der Waals surface area contributed by atoms with Crippen LogP contribution in [0.5, 0.6) is 0 Å². The van der Waals surface area contributed by atoms with Crippen LogP contribution in [0.4, 0.5) is 0 Å². The van der Waals surface area contributed by atoms with Crippen molar-refractivity contribution in [3.8, 4) is 0 Å². The molecular weight excluding hydrogens is 152 g/mol. The molecule has 0 aliphatic carbocycles. The number of rotatable bonds is 3. The van der Waals surface area contributed by atoms with Gasteiger partial charge in [0.1, 0.15) is 11.9 Å². The van der Waals surface area contributed by atoms with E-state index in [2.05, 4.69) is 0 Å². The molecule has 0 aliphatic rings. The summed E-state index contributed by atoms with van der Waals surface area (Å²) in [4.78, 5) is 0. The van der Waals surface area contributed by atoms with E-state index in [1.807, 2.05) is 26.0 Å². The van der Waals surface area contributed by atoms with Crippen molar-refractivity contribution in [3.63, 3.8) is 0 Å². The van der Waals surface area contributed by atoms with E-state index in [0.29, 0.717) is 5.76 Å². The monoisotopic (exact) mass is 166 g/mol. The maximum atomic E-state index is 9.66. The van der Waals surface area contributed by atoms with E-state index in [0.717, 1.165) is 0 Å². The highest BCUT2D eigenvalue weighted by molar-refractivity contribution is 5.05. The third kappa shape index (κ3) is 1.98. The van der Waals surface area contributed by atoms with Gasteiger partial charge in [-0.05, 0) is 19.1 Å². The van der Waals surface area contributed by atoms with Gasteiger partial charge in [0.05, 0.1) is 6.26 Å². The lowest BCUT2D eigenvalue weighted by molar-refractivity contribution is 0.114. The smallest absolute Gasteiger partial charge is 0.132 e. The van der Waals surface area contributed by atoms with Gasteiger partial charge in [0.25, 0.3) is 0 Å². The van der Waals surface area contributed by atoms with E-state index in [-0.39, 0.29) is 5.92 Å². The Morgan fingerprint density at radius 2 is 2.33 bits per heavy atom. The molecule has 12 heavy (non-hydrogen) atoms. The fourth-order valence-corrected chi connectivity index (χ4v) is 1.13. The van der Waals surface area contributed by atoms with Crippen molar-refractivity contribution < 1.29 is 9.52 Å². The van der Waals surface area contributed by atoms with Gasteiger partial charge in [0.15, 0.2) is 0 Å². The van der Waals surface area contributed by atoms with Crippen molar-refractivity contribution in [2.24, 2.45) is 5.92 Å². The molecule has 2 atom stereocenters. The molecule has 0 unspecified atom stereocenters. The number of aliphatic hydroxyl groups excluding tert-OH is 1. The van der Waals surface area contributed by atoms with Gasteiger partial charge >= 0.3 is 0 Å². The molecule has 0 saturated carbocycles. The molecule has 0 bridgehead atoms. The average Bonchev–Trinajstić information content (AvgIpc) is 2.55. The summed E-state index contributed by atoms with van der Waals surface area (Å²) >= 11 is 0. The van der Waals surface area contributed by atoms with Crippen molar-refractivity contribution in [1.29, 1.82) is 0 Å². The Hall–Kier alpha value is -1.02. The van der Waals surface area contributed by atoms with E-state index in [9.17, 15) is 5.11 Å². The third-order valence-corrected chi connectivity index (χ3v) is 1.83. The van der Waals surface area contributed by atoms with Crippen molar-refractivity contribution in [3.05, 3.63) is 36.3 Å². The van der Waals surface area contributed by atoms with Crippen molar-refractivity contribution in [2.75, 3.05) is 0 Å². The van der Waals surface area contributed by atoms with Crippen LogP contribution >= 0.6 is 0 Å². The van der Waals surface area contributed by atoms with Crippen LogP contribution < -0.4 is 0 Å². The first-order valence-corrected chi connectivity index (χ1v) is 4.10. The average molecular weight is 166 g/mol. The molecule has 0 aromatic carbocycles. The molecule has 0 fully saturated rings. The standard InChI is InChI=1S/C10H14O2/c1-3-5-8(2)10(11)9-6-4-7-12-9/h3-8,10-11H,1-2H3/b5-3+/t8-,10-/m0/s1. The summed E-state index contributed by atoms with van der Waals surface area (Å²) < 4.78 is 5.08. The Morgan fingerprint density at radius 3 is 2.83 bits per heavy atom. The van der Waals surface area contributed by atoms with Gasteiger partial charge in [-0.3, -0.25) is 0 Å². The second-order valence-electron chi connectivity index (χ2n) is 2.85. The van der Waals surface area contributed by atoms with Gasteiger partial charge in [0.2, 0.25) is 0 Å². The fraction of sp³-hybridized carbons (Fsp3) is 0.400. The first-order valence-electron chi connectivity index (χ1n) is 4.10. The molecule has 1 aromatic rings. The zero-order valence-corrected chi connectivity index (χ0v) is 7.40. The first kappa shape index (κ1) is 9.07. The zero-order valence-electron chi connectivity index (χ0n) is 7.40. The molecule has 1 rings (SSSR count). The van der Waals surface area contributed by atoms with Gasteiger partial charge < -0.3 is 9.52 Å². The number of aliphatic hydroxyl groups is 1. The van der Waals surface area contributed by atoms with Gasteiger partial charge in [0, 0.05) is 5.92 Å². The quantitative estimate of drug-likeness (QED) is 0.700. The predicted octanol–water partition coefficient (Wildman–Crippen LogP) is 2.53. The van der Waals surface area contributed by atoms with Crippen LogP contribution in [0.15, 0.2) is 35.0 Å². The summed E-state index contributed by atoms with van der Waals surface area (Å²) in [5.74, 6) is 0.724. The van der Waals surface area contributed by atoms with E-state index in [4.69, 9.17) is 4.42 Å². The van der Waals surface area contributed by atoms with E-state index >= 15 is 0 Å². The van der Waals surface area contributed by atoms with Crippen LogP contribution in [0.25, 0.3) is 0 Å². The molecule has 1 N–H and O–H groups in total. The van der Waals surface area contributed by atoms with Crippen molar-refractivity contribution in [1.82, 2.24) is 0 Å². The van der Waals surface area contributed by atoms with Crippen LogP contribution in [-0.2, 0) is 0 Å². The highest BCUT2D eigenvalue weighted by Crippen LogP contribution is 2.22. The summed E-state index contributed by atoms with van der Waals surface area (Å²) in [7, 11) is 0. The number of allylic oxidation sites excluding steroid dienone is 1. The molecule has 1 aromatic heterocycles. The minimum Gasteiger partial charge on any atom is -0.467 e. The molecule has 0 saturated heterocycles. The summed E-state index contributed by atoms with van der Waals surface area (Å²) in [6.07, 6.45) is 4.92. The molecule has 0 spiro atoms. The minimum atomic E-state index is -0.531. The molecule has 66 valence electrons. The molecular formula is C10H14O2. The lowest BCUT2D eigenvalue weighted by atomic mass is 10.0. The number of furan rings is 1. The topological polar surface area (TPSA) is 33.4 Å². The van der Waals surface area contributed by atoms with E-state index in [1.165, 1.54) is 0 Å². The normalized spacial score (nSPS) is 16.6. The minimum absolute atomic E-state index is 0.0983. The number of hydrogen-bond acceptors (Lipinski definition) is 2. The Morgan fingerprint density at radius 1 is 1.58 bits per heavy atom. The predicted molar refractivity (Wildman–Crippen MR) is 47.6 cm³/mol. The Balaban J connectivity index is 2.65.